The third kappa shape index (κ3) is 15.9. The Balaban J connectivity index is 0.000000162. The van der Waals surface area contributed by atoms with Crippen molar-refractivity contribution in [2.24, 2.45) is 23.7 Å². The van der Waals surface area contributed by atoms with Gasteiger partial charge in [-0.05, 0) is 206 Å². The first-order valence-electron chi connectivity index (χ1n) is 28.1. The molecule has 4 atom stereocenters. The normalized spacial score (nSPS) is 23.6. The molecule has 2 N–H and O–H groups in total. The molecule has 4 saturated heterocycles. The van der Waals surface area contributed by atoms with E-state index in [4.69, 9.17) is 53.4 Å². The van der Waals surface area contributed by atoms with Crippen LogP contribution in [0.3, 0.4) is 0 Å². The first-order chi connectivity index (χ1) is 36.7. The number of hydrogen-bond acceptors (Lipinski definition) is 10. The largest absolute Gasteiger partial charge is 0.488 e. The number of halogens is 4. The standard InChI is InChI=1S/C23H29ClN4O.C19H27BrN2O.C12H24B2O4.C4H2Cl2N2/c1-15(2)18-10-12-28(14-18)23(29)27-21-6-4-3-5-16-13-17(7-8-19(16)21)20-9-11-25-22(24)26-20;1-13(2)15-9-10-22(12-15)19(23)21-18-6-4-3-5-14-11-16(20)7-8-17(14)18;1-9(2)10(3,4)16-13(15-9)14-17-11(5,6)12(7,8)18-14;5-3-1-2-7-4(6)8-3/h7-9,11,13,15,18,21H,3-6,10,12,14H2,1-2H3,(H,27,29);7-8,11,13,15,18H,3-6,9-10,12H2,1-2H3,(H,21,23);1-8H3;1-2H. The second kappa shape index (κ2) is 26.6. The molecule has 424 valence electrons. The number of nitrogens with one attached hydrogen (secondary N) is 2. The maximum Gasteiger partial charge on any atom is 0.488 e. The third-order valence-corrected chi connectivity index (χ3v) is 18.2. The molecule has 4 aromatic rings. The van der Waals surface area contributed by atoms with Gasteiger partial charge in [0.15, 0.2) is 0 Å². The molecule has 6 aliphatic rings. The van der Waals surface area contributed by atoms with Crippen molar-refractivity contribution in [3.05, 3.63) is 103 Å². The number of carbonyl (C=O) groups is 2. The summed E-state index contributed by atoms with van der Waals surface area (Å²) >= 11 is 20.3. The SMILES string of the molecule is CC(C)C1CCN(C(=O)NC2CCCCc3cc(-c4ccnc(Cl)n4)ccc32)C1.CC(C)C1CCN(C(=O)NC2CCCCc3cc(Br)ccc32)C1.CC1(C)OB(B2OC(C)(C)C(C)(C)O2)OC1(C)C.Clc1ccnc(Cl)n1. The van der Waals surface area contributed by atoms with E-state index in [0.29, 0.717) is 28.8 Å². The molecular formula is C58H82B2BrCl3N8O6. The summed E-state index contributed by atoms with van der Waals surface area (Å²) in [6.45, 7) is 28.7. The Bertz CT molecular complexity index is 2600. The fourth-order valence-corrected chi connectivity index (χ4v) is 11.6. The van der Waals surface area contributed by atoms with E-state index in [2.05, 4.69) is 111 Å². The lowest BCUT2D eigenvalue weighted by molar-refractivity contribution is 0.00578. The van der Waals surface area contributed by atoms with Crippen molar-refractivity contribution in [1.82, 2.24) is 40.4 Å². The summed E-state index contributed by atoms with van der Waals surface area (Å²) in [7, 11) is -0.952. The van der Waals surface area contributed by atoms with Gasteiger partial charge in [0.25, 0.3) is 0 Å². The first-order valence-corrected chi connectivity index (χ1v) is 30.0. The Hall–Kier alpha value is -3.54. The van der Waals surface area contributed by atoms with Crippen LogP contribution in [0.1, 0.15) is 169 Å². The summed E-state index contributed by atoms with van der Waals surface area (Å²) in [4.78, 5) is 45.1. The van der Waals surface area contributed by atoms with Crippen LogP contribution in [0, 0.1) is 23.7 Å². The second-order valence-electron chi connectivity index (χ2n) is 24.3. The van der Waals surface area contributed by atoms with Crippen LogP contribution in [0.15, 0.2) is 65.4 Å². The zero-order chi connectivity index (χ0) is 56.7. The van der Waals surface area contributed by atoms with Crippen molar-refractivity contribution < 1.29 is 28.2 Å². The van der Waals surface area contributed by atoms with Crippen molar-refractivity contribution in [3.63, 3.8) is 0 Å². The van der Waals surface area contributed by atoms with Crippen molar-refractivity contribution in [3.8, 4) is 11.3 Å². The van der Waals surface area contributed by atoms with E-state index in [9.17, 15) is 9.59 Å². The number of nitrogens with zero attached hydrogens (tertiary/aromatic N) is 6. The summed E-state index contributed by atoms with van der Waals surface area (Å²) in [6.07, 6.45) is 14.2. The molecule has 10 rings (SSSR count). The summed E-state index contributed by atoms with van der Waals surface area (Å²) < 4.78 is 25.0. The molecular weight excluding hydrogens is 1110 g/mol. The Kier molecular flexibility index (Phi) is 21.2. The van der Waals surface area contributed by atoms with Gasteiger partial charge in [0.2, 0.25) is 10.6 Å². The molecule has 4 amide bonds. The minimum Gasteiger partial charge on any atom is -0.405 e. The molecule has 14 nitrogen and oxygen atoms in total. The maximum absolute atomic E-state index is 12.9. The van der Waals surface area contributed by atoms with Gasteiger partial charge < -0.3 is 39.1 Å². The minimum atomic E-state index is -0.476. The van der Waals surface area contributed by atoms with Gasteiger partial charge in [-0.15, -0.1) is 0 Å². The summed E-state index contributed by atoms with van der Waals surface area (Å²) in [5, 5.41) is 7.43. The Morgan fingerprint density at radius 2 is 1.04 bits per heavy atom. The number of urea groups is 2. The van der Waals surface area contributed by atoms with E-state index in [-0.39, 0.29) is 57.1 Å². The van der Waals surface area contributed by atoms with Crippen LogP contribution in [-0.2, 0) is 31.5 Å². The summed E-state index contributed by atoms with van der Waals surface area (Å²) in [5.74, 6) is 2.55. The fourth-order valence-electron chi connectivity index (χ4n) is 10.7. The highest BCUT2D eigenvalue weighted by molar-refractivity contribution is 9.10. The molecule has 4 aliphatic heterocycles. The molecule has 0 spiro atoms. The van der Waals surface area contributed by atoms with Crippen molar-refractivity contribution in [2.45, 2.75) is 182 Å². The van der Waals surface area contributed by atoms with Gasteiger partial charge in [0, 0.05) is 48.6 Å². The number of amides is 4. The molecule has 2 aliphatic carbocycles. The lowest BCUT2D eigenvalue weighted by atomic mass is 9.49. The number of fused-ring (bicyclic) bond motifs is 2. The lowest BCUT2D eigenvalue weighted by Gasteiger charge is -2.32. The number of hydrogen-bond donors (Lipinski definition) is 2. The van der Waals surface area contributed by atoms with Gasteiger partial charge >= 0.3 is 26.1 Å². The van der Waals surface area contributed by atoms with Crippen LogP contribution < -0.4 is 10.6 Å². The molecule has 78 heavy (non-hydrogen) atoms. The van der Waals surface area contributed by atoms with Crippen LogP contribution >= 0.6 is 50.7 Å². The Labute approximate surface area is 488 Å². The summed E-state index contributed by atoms with van der Waals surface area (Å²) in [5.41, 5.74) is 5.64. The Morgan fingerprint density at radius 3 is 1.45 bits per heavy atom. The van der Waals surface area contributed by atoms with E-state index < -0.39 is 14.0 Å². The van der Waals surface area contributed by atoms with Crippen LogP contribution in [-0.4, -0.2) is 104 Å². The molecule has 2 aromatic heterocycles. The highest BCUT2D eigenvalue weighted by Gasteiger charge is 2.63. The Morgan fingerprint density at radius 1 is 0.603 bits per heavy atom. The van der Waals surface area contributed by atoms with Crippen molar-refractivity contribution in [2.75, 3.05) is 26.2 Å². The average molecular weight is 1200 g/mol. The average Bonchev–Trinajstić information content (AvgIpc) is 4.27. The molecule has 0 radical (unpaired) electrons. The quantitative estimate of drug-likeness (QED) is 0.0825. The van der Waals surface area contributed by atoms with Crippen molar-refractivity contribution in [1.29, 1.82) is 0 Å². The number of benzene rings is 2. The van der Waals surface area contributed by atoms with Crippen LogP contribution in [0.5, 0.6) is 0 Å². The molecule has 6 heterocycles. The van der Waals surface area contributed by atoms with E-state index in [1.54, 1.807) is 12.3 Å². The zero-order valence-corrected chi connectivity index (χ0v) is 51.8. The number of carbonyl (C=O) groups excluding carboxylic acids is 2. The van der Waals surface area contributed by atoms with Gasteiger partial charge in [0.1, 0.15) is 5.15 Å². The predicted molar refractivity (Wildman–Crippen MR) is 318 cm³/mol. The topological polar surface area (TPSA) is 153 Å². The van der Waals surface area contributed by atoms with Crippen LogP contribution in [0.4, 0.5) is 9.59 Å². The van der Waals surface area contributed by atoms with Gasteiger partial charge in [0.05, 0.1) is 40.2 Å². The number of aromatic nitrogens is 4. The van der Waals surface area contributed by atoms with Gasteiger partial charge in [-0.2, -0.15) is 0 Å². The maximum atomic E-state index is 12.9. The second-order valence-corrected chi connectivity index (χ2v) is 26.3. The van der Waals surface area contributed by atoms with Crippen LogP contribution in [0.2, 0.25) is 15.7 Å². The van der Waals surface area contributed by atoms with E-state index in [1.165, 1.54) is 41.3 Å². The highest BCUT2D eigenvalue weighted by atomic mass is 79.9. The fraction of sp³-hybridized carbons (Fsp3) is 0.621. The number of aryl methyl sites for hydroxylation is 2. The van der Waals surface area contributed by atoms with E-state index in [0.717, 1.165) is 93.3 Å². The van der Waals surface area contributed by atoms with Crippen LogP contribution in [0.25, 0.3) is 11.3 Å². The molecule has 4 unspecified atom stereocenters. The first kappa shape index (κ1) is 62.1. The van der Waals surface area contributed by atoms with Gasteiger partial charge in [-0.1, -0.05) is 86.3 Å². The van der Waals surface area contributed by atoms with Crippen molar-refractivity contribution >= 4 is 76.8 Å². The summed E-state index contributed by atoms with van der Waals surface area (Å²) in [6, 6.07) is 16.8. The van der Waals surface area contributed by atoms with E-state index >= 15 is 0 Å². The zero-order valence-electron chi connectivity index (χ0n) is 47.9. The molecule has 0 bridgehead atoms. The van der Waals surface area contributed by atoms with E-state index in [1.807, 2.05) is 71.3 Å². The molecule has 2 aromatic carbocycles. The highest BCUT2D eigenvalue weighted by Crippen LogP contribution is 2.43. The predicted octanol–water partition coefficient (Wildman–Crippen LogP) is 14.2. The van der Waals surface area contributed by atoms with Gasteiger partial charge in [-0.3, -0.25) is 0 Å². The smallest absolute Gasteiger partial charge is 0.405 e. The van der Waals surface area contributed by atoms with Gasteiger partial charge in [-0.25, -0.2) is 29.5 Å². The molecule has 4 fully saturated rings. The lowest BCUT2D eigenvalue weighted by Crippen LogP contribution is -2.41. The minimum absolute atomic E-state index is 0.0705. The molecule has 0 saturated carbocycles. The number of likely N-dealkylation sites (tertiary alicyclic amines) is 2. The third-order valence-electron chi connectivity index (χ3n) is 17.2. The molecule has 20 heteroatoms. The monoisotopic (exact) mass is 1190 g/mol. The number of rotatable bonds is 6.